The summed E-state index contributed by atoms with van der Waals surface area (Å²) in [6.45, 7) is 14.0. The second-order valence-corrected chi connectivity index (χ2v) is 8.84. The van der Waals surface area contributed by atoms with Crippen LogP contribution >= 0.6 is 0 Å². The normalized spacial score (nSPS) is 25.2. The van der Waals surface area contributed by atoms with Crippen LogP contribution in [0.2, 0.25) is 0 Å². The maximum Gasteiger partial charge on any atom is 0.494 e. The molecule has 3 rings (SSSR count). The third-order valence-electron chi connectivity index (χ3n) is 5.70. The predicted molar refractivity (Wildman–Crippen MR) is 107 cm³/mol. The van der Waals surface area contributed by atoms with Crippen molar-refractivity contribution in [1.82, 2.24) is 4.90 Å². The highest BCUT2D eigenvalue weighted by molar-refractivity contribution is 6.62. The number of nitrogens with zero attached hydrogens (tertiary/aromatic N) is 2. The van der Waals surface area contributed by atoms with Crippen molar-refractivity contribution in [3.05, 3.63) is 23.8 Å². The molecular formula is C20H33BN2O3. The van der Waals surface area contributed by atoms with E-state index in [2.05, 4.69) is 76.7 Å². The lowest BCUT2D eigenvalue weighted by molar-refractivity contribution is 0.00578. The fourth-order valence-corrected chi connectivity index (χ4v) is 3.54. The van der Waals surface area contributed by atoms with Crippen LogP contribution in [0.25, 0.3) is 0 Å². The highest BCUT2D eigenvalue weighted by atomic mass is 16.7. The molecule has 0 aromatic heterocycles. The minimum atomic E-state index is -0.322. The van der Waals surface area contributed by atoms with Crippen LogP contribution in [0.4, 0.5) is 5.69 Å². The van der Waals surface area contributed by atoms with E-state index in [0.717, 1.165) is 31.7 Å². The molecule has 0 amide bonds. The molecule has 1 atom stereocenters. The van der Waals surface area contributed by atoms with Crippen LogP contribution < -0.4 is 10.4 Å². The van der Waals surface area contributed by atoms with E-state index in [1.165, 1.54) is 11.3 Å². The quantitative estimate of drug-likeness (QED) is 0.770. The van der Waals surface area contributed by atoms with Gasteiger partial charge in [-0.25, -0.2) is 0 Å². The zero-order valence-corrected chi connectivity index (χ0v) is 17.3. The van der Waals surface area contributed by atoms with Crippen molar-refractivity contribution in [1.29, 1.82) is 0 Å². The summed E-state index contributed by atoms with van der Waals surface area (Å²) in [5, 5.41) is 0. The van der Waals surface area contributed by atoms with Crippen molar-refractivity contribution in [3.8, 4) is 0 Å². The summed E-state index contributed by atoms with van der Waals surface area (Å²) in [6, 6.07) is 6.62. The van der Waals surface area contributed by atoms with Crippen LogP contribution in [0.5, 0.6) is 0 Å². The molecular weight excluding hydrogens is 327 g/mol. The Labute approximate surface area is 158 Å². The Kier molecular flexibility index (Phi) is 5.41. The molecule has 26 heavy (non-hydrogen) atoms. The number of ether oxygens (including phenoxy) is 1. The molecule has 2 heterocycles. The zero-order valence-electron chi connectivity index (χ0n) is 17.3. The van der Waals surface area contributed by atoms with Gasteiger partial charge in [0, 0.05) is 25.3 Å². The van der Waals surface area contributed by atoms with Crippen molar-refractivity contribution in [2.24, 2.45) is 0 Å². The van der Waals surface area contributed by atoms with Crippen LogP contribution in [0.15, 0.2) is 18.2 Å². The van der Waals surface area contributed by atoms with E-state index >= 15 is 0 Å². The number of morpholine rings is 1. The topological polar surface area (TPSA) is 34.2 Å². The molecule has 0 spiro atoms. The molecule has 2 saturated heterocycles. The third-order valence-corrected chi connectivity index (χ3v) is 5.70. The van der Waals surface area contributed by atoms with Gasteiger partial charge in [0.2, 0.25) is 0 Å². The highest BCUT2D eigenvalue weighted by Gasteiger charge is 2.51. The summed E-state index contributed by atoms with van der Waals surface area (Å²) in [4.78, 5) is 4.64. The average molecular weight is 360 g/mol. The highest BCUT2D eigenvalue weighted by Crippen LogP contribution is 2.36. The first-order valence-corrected chi connectivity index (χ1v) is 9.59. The van der Waals surface area contributed by atoms with Crippen LogP contribution in [-0.4, -0.2) is 63.1 Å². The maximum absolute atomic E-state index is 6.24. The lowest BCUT2D eigenvalue weighted by atomic mass is 9.78. The van der Waals surface area contributed by atoms with Crippen LogP contribution in [0.1, 0.15) is 40.2 Å². The second-order valence-electron chi connectivity index (χ2n) is 8.84. The van der Waals surface area contributed by atoms with Gasteiger partial charge in [0.15, 0.2) is 0 Å². The van der Waals surface area contributed by atoms with E-state index < -0.39 is 0 Å². The first-order chi connectivity index (χ1) is 12.1. The van der Waals surface area contributed by atoms with Gasteiger partial charge in [-0.3, -0.25) is 0 Å². The van der Waals surface area contributed by atoms with Gasteiger partial charge < -0.3 is 23.8 Å². The maximum atomic E-state index is 6.24. The van der Waals surface area contributed by atoms with Gasteiger partial charge >= 0.3 is 7.12 Å². The molecule has 0 saturated carbocycles. The lowest BCUT2D eigenvalue weighted by Crippen LogP contribution is -2.42. The molecule has 6 heteroatoms. The molecule has 1 aromatic rings. The molecule has 1 aromatic carbocycles. The number of benzene rings is 1. The van der Waals surface area contributed by atoms with Crippen molar-refractivity contribution in [2.75, 3.05) is 38.7 Å². The summed E-state index contributed by atoms with van der Waals surface area (Å²) in [7, 11) is 3.89. The minimum Gasteiger partial charge on any atom is -0.399 e. The lowest BCUT2D eigenvalue weighted by Gasteiger charge is -2.35. The second kappa shape index (κ2) is 7.15. The predicted octanol–water partition coefficient (Wildman–Crippen LogP) is 2.27. The third kappa shape index (κ3) is 3.93. The summed E-state index contributed by atoms with van der Waals surface area (Å²) in [6.07, 6.45) is 0.263. The molecule has 0 radical (unpaired) electrons. The molecule has 0 aliphatic carbocycles. The fourth-order valence-electron chi connectivity index (χ4n) is 3.54. The van der Waals surface area contributed by atoms with Gasteiger partial charge in [-0.1, -0.05) is 12.1 Å². The van der Waals surface area contributed by atoms with Crippen molar-refractivity contribution < 1.29 is 14.0 Å². The van der Waals surface area contributed by atoms with Gasteiger partial charge in [0.05, 0.1) is 23.9 Å². The van der Waals surface area contributed by atoms with Crippen molar-refractivity contribution in [3.63, 3.8) is 0 Å². The first kappa shape index (κ1) is 19.7. The van der Waals surface area contributed by atoms with Gasteiger partial charge in [0.1, 0.15) is 0 Å². The number of anilines is 1. The Hall–Kier alpha value is -1.08. The Morgan fingerprint density at radius 1 is 1.15 bits per heavy atom. The van der Waals surface area contributed by atoms with E-state index in [9.17, 15) is 0 Å². The molecule has 144 valence electrons. The van der Waals surface area contributed by atoms with Gasteiger partial charge in [-0.15, -0.1) is 0 Å². The van der Waals surface area contributed by atoms with E-state index in [-0.39, 0.29) is 24.4 Å². The van der Waals surface area contributed by atoms with Gasteiger partial charge in [0.25, 0.3) is 0 Å². The van der Waals surface area contributed by atoms with Crippen LogP contribution in [0.3, 0.4) is 0 Å². The number of hydrogen-bond acceptors (Lipinski definition) is 5. The Balaban J connectivity index is 1.89. The molecule has 2 fully saturated rings. The molecule has 5 nitrogen and oxygen atoms in total. The zero-order chi connectivity index (χ0) is 19.1. The van der Waals surface area contributed by atoms with Crippen LogP contribution in [0, 0.1) is 0 Å². The summed E-state index contributed by atoms with van der Waals surface area (Å²) in [5.41, 5.74) is 3.03. The van der Waals surface area contributed by atoms with Crippen molar-refractivity contribution in [2.45, 2.75) is 58.5 Å². The van der Waals surface area contributed by atoms with E-state index in [0.29, 0.717) is 0 Å². The fraction of sp³-hybridized carbons (Fsp3) is 0.700. The largest absolute Gasteiger partial charge is 0.494 e. The number of rotatable bonds is 4. The summed E-state index contributed by atoms with van der Waals surface area (Å²) < 4.78 is 18.2. The monoisotopic (exact) mass is 360 g/mol. The van der Waals surface area contributed by atoms with E-state index in [1.54, 1.807) is 0 Å². The minimum absolute atomic E-state index is 0.263. The molecule has 1 unspecified atom stereocenters. The average Bonchev–Trinajstić information content (AvgIpc) is 2.75. The molecule has 2 aliphatic heterocycles. The standard InChI is InChI=1S/C20H33BN2O3/c1-15-13-23(10-11-24-15)18-9-8-17(12-16(18)14-22(6)7)21-25-19(2,3)20(4,5)26-21/h8-9,12,15H,10-11,13-14H2,1-7H3. The van der Waals surface area contributed by atoms with Crippen LogP contribution in [-0.2, 0) is 20.6 Å². The molecule has 0 bridgehead atoms. The summed E-state index contributed by atoms with van der Waals surface area (Å²) in [5.74, 6) is 0. The van der Waals surface area contributed by atoms with Gasteiger partial charge in [-0.2, -0.15) is 0 Å². The molecule has 0 N–H and O–H groups in total. The van der Waals surface area contributed by atoms with E-state index in [4.69, 9.17) is 14.0 Å². The van der Waals surface area contributed by atoms with Gasteiger partial charge in [-0.05, 0) is 65.8 Å². The first-order valence-electron chi connectivity index (χ1n) is 9.59. The smallest absolute Gasteiger partial charge is 0.399 e. The van der Waals surface area contributed by atoms with E-state index in [1.807, 2.05) is 0 Å². The SMILES string of the molecule is CC1CN(c2ccc(B3OC(C)(C)C(C)(C)O3)cc2CN(C)C)CCO1. The van der Waals surface area contributed by atoms with Crippen molar-refractivity contribution >= 4 is 18.3 Å². The summed E-state index contributed by atoms with van der Waals surface area (Å²) >= 11 is 0. The molecule has 2 aliphatic rings. The Bertz CT molecular complexity index is 632. The Morgan fingerprint density at radius 2 is 1.81 bits per heavy atom. The Morgan fingerprint density at radius 3 is 2.38 bits per heavy atom. The number of hydrogen-bond donors (Lipinski definition) is 0.